The summed E-state index contributed by atoms with van der Waals surface area (Å²) in [6.45, 7) is 1.89. The van der Waals surface area contributed by atoms with Gasteiger partial charge in [0.05, 0.1) is 11.9 Å². The summed E-state index contributed by atoms with van der Waals surface area (Å²) in [4.78, 5) is 25.6. The molecule has 0 bridgehead atoms. The van der Waals surface area contributed by atoms with E-state index < -0.39 is 18.1 Å². The van der Waals surface area contributed by atoms with E-state index >= 15 is 0 Å². The maximum Gasteiger partial charge on any atom is 0.332 e. The molecular formula is C11H15N3O4. The van der Waals surface area contributed by atoms with Crippen molar-refractivity contribution in [1.82, 2.24) is 10.3 Å². The van der Waals surface area contributed by atoms with E-state index in [2.05, 4.69) is 15.6 Å². The Balaban J connectivity index is 2.35. The van der Waals surface area contributed by atoms with Crippen molar-refractivity contribution >= 4 is 17.7 Å². The lowest BCUT2D eigenvalue weighted by Gasteiger charge is -2.10. The lowest BCUT2D eigenvalue weighted by molar-refractivity contribution is -0.146. The predicted molar refractivity (Wildman–Crippen MR) is 64.3 cm³/mol. The number of aryl methyl sites for hydroxylation is 1. The van der Waals surface area contributed by atoms with Crippen LogP contribution < -0.4 is 10.6 Å². The van der Waals surface area contributed by atoms with Gasteiger partial charge in [-0.15, -0.1) is 0 Å². The number of carboxylic acids is 1. The number of urea groups is 1. The average Bonchev–Trinajstić information content (AvgIpc) is 2.32. The molecule has 1 heterocycles. The normalized spacial score (nSPS) is 11.7. The van der Waals surface area contributed by atoms with Crippen LogP contribution in [0.5, 0.6) is 0 Å². The van der Waals surface area contributed by atoms with Gasteiger partial charge in [0.25, 0.3) is 0 Å². The van der Waals surface area contributed by atoms with E-state index in [-0.39, 0.29) is 13.0 Å². The standard InChI is InChI=1S/C11H15N3O4/c1-7-2-4-12-6-8(7)14-11(18)13-5-3-9(15)10(16)17/h2,4,6,9,15H,3,5H2,1H3,(H,16,17)(H2,13,14,18)/t9-/m0/s1. The molecule has 0 aromatic carbocycles. The molecule has 7 nitrogen and oxygen atoms in total. The van der Waals surface area contributed by atoms with Gasteiger partial charge in [0.15, 0.2) is 6.10 Å². The minimum absolute atomic E-state index is 0.0469. The van der Waals surface area contributed by atoms with Crippen LogP contribution in [0.25, 0.3) is 0 Å². The number of amides is 2. The average molecular weight is 253 g/mol. The monoisotopic (exact) mass is 253 g/mol. The van der Waals surface area contributed by atoms with Crippen LogP contribution in [0.4, 0.5) is 10.5 Å². The first kappa shape index (κ1) is 13.9. The van der Waals surface area contributed by atoms with Crippen LogP contribution in [-0.4, -0.2) is 39.8 Å². The number of aliphatic hydroxyl groups is 1. The van der Waals surface area contributed by atoms with Crippen LogP contribution in [0.15, 0.2) is 18.5 Å². The number of aliphatic hydroxyl groups excluding tert-OH is 1. The molecule has 4 N–H and O–H groups in total. The van der Waals surface area contributed by atoms with Crippen molar-refractivity contribution in [2.24, 2.45) is 0 Å². The number of nitrogens with zero attached hydrogens (tertiary/aromatic N) is 1. The third-order valence-corrected chi connectivity index (χ3v) is 2.28. The van der Waals surface area contributed by atoms with E-state index in [4.69, 9.17) is 10.2 Å². The third-order valence-electron chi connectivity index (χ3n) is 2.28. The summed E-state index contributed by atoms with van der Waals surface area (Å²) in [5, 5.41) is 22.4. The lowest BCUT2D eigenvalue weighted by atomic mass is 10.2. The fourth-order valence-corrected chi connectivity index (χ4v) is 1.21. The fourth-order valence-electron chi connectivity index (χ4n) is 1.21. The Labute approximate surface area is 104 Å². The number of carboxylic acid groups (broad SMARTS) is 1. The van der Waals surface area contributed by atoms with Gasteiger partial charge >= 0.3 is 12.0 Å². The zero-order valence-electron chi connectivity index (χ0n) is 9.88. The number of carbonyl (C=O) groups excluding carboxylic acids is 1. The summed E-state index contributed by atoms with van der Waals surface area (Å²) in [6.07, 6.45) is 1.61. The number of carbonyl (C=O) groups is 2. The van der Waals surface area contributed by atoms with Gasteiger partial charge < -0.3 is 20.8 Å². The number of anilines is 1. The summed E-state index contributed by atoms with van der Waals surface area (Å²) in [5.74, 6) is -1.31. The van der Waals surface area contributed by atoms with Crippen LogP contribution in [-0.2, 0) is 4.79 Å². The van der Waals surface area contributed by atoms with Gasteiger partial charge in [0.1, 0.15) is 0 Å². The van der Waals surface area contributed by atoms with Crippen molar-refractivity contribution in [1.29, 1.82) is 0 Å². The molecule has 1 atom stereocenters. The minimum Gasteiger partial charge on any atom is -0.479 e. The molecule has 18 heavy (non-hydrogen) atoms. The Bertz CT molecular complexity index is 436. The molecule has 0 aliphatic carbocycles. The Kier molecular flexibility index (Phi) is 5.06. The van der Waals surface area contributed by atoms with E-state index in [0.29, 0.717) is 5.69 Å². The van der Waals surface area contributed by atoms with Crippen molar-refractivity contribution < 1.29 is 19.8 Å². The molecule has 0 spiro atoms. The summed E-state index contributed by atoms with van der Waals surface area (Å²) >= 11 is 0. The molecule has 1 rings (SSSR count). The lowest BCUT2D eigenvalue weighted by Crippen LogP contribution is -2.33. The van der Waals surface area contributed by atoms with Crippen molar-refractivity contribution in [2.75, 3.05) is 11.9 Å². The van der Waals surface area contributed by atoms with Crippen molar-refractivity contribution in [3.8, 4) is 0 Å². The zero-order valence-corrected chi connectivity index (χ0v) is 9.88. The SMILES string of the molecule is Cc1ccncc1NC(=O)NCC[C@H](O)C(=O)O. The molecular weight excluding hydrogens is 238 g/mol. The highest BCUT2D eigenvalue weighted by atomic mass is 16.4. The zero-order chi connectivity index (χ0) is 13.5. The molecule has 0 aliphatic rings. The number of hydrogen-bond acceptors (Lipinski definition) is 4. The van der Waals surface area contributed by atoms with E-state index in [1.165, 1.54) is 6.20 Å². The number of aliphatic carboxylic acids is 1. The van der Waals surface area contributed by atoms with Crippen molar-refractivity contribution in [3.05, 3.63) is 24.0 Å². The Morgan fingerprint density at radius 3 is 2.83 bits per heavy atom. The predicted octanol–water partition coefficient (Wildman–Crippen LogP) is 0.347. The number of nitrogens with one attached hydrogen (secondary N) is 2. The van der Waals surface area contributed by atoms with Crippen LogP contribution >= 0.6 is 0 Å². The summed E-state index contributed by atoms with van der Waals surface area (Å²) in [7, 11) is 0. The fraction of sp³-hybridized carbons (Fsp3) is 0.364. The smallest absolute Gasteiger partial charge is 0.332 e. The van der Waals surface area contributed by atoms with Gasteiger partial charge in [-0.3, -0.25) is 4.98 Å². The molecule has 7 heteroatoms. The first-order chi connectivity index (χ1) is 8.50. The van der Waals surface area contributed by atoms with Crippen LogP contribution in [0.3, 0.4) is 0 Å². The van der Waals surface area contributed by atoms with E-state index in [0.717, 1.165) is 5.56 Å². The molecule has 0 unspecified atom stereocenters. The van der Waals surface area contributed by atoms with Gasteiger partial charge in [0.2, 0.25) is 0 Å². The van der Waals surface area contributed by atoms with E-state index in [1.54, 1.807) is 12.3 Å². The second-order valence-electron chi connectivity index (χ2n) is 3.71. The largest absolute Gasteiger partial charge is 0.479 e. The number of aromatic nitrogens is 1. The highest BCUT2D eigenvalue weighted by Crippen LogP contribution is 2.10. The molecule has 0 aliphatic heterocycles. The minimum atomic E-state index is -1.47. The Morgan fingerprint density at radius 1 is 1.50 bits per heavy atom. The van der Waals surface area contributed by atoms with E-state index in [9.17, 15) is 9.59 Å². The molecule has 0 fully saturated rings. The van der Waals surface area contributed by atoms with Crippen molar-refractivity contribution in [3.63, 3.8) is 0 Å². The van der Waals surface area contributed by atoms with Crippen LogP contribution in [0, 0.1) is 6.92 Å². The maximum absolute atomic E-state index is 11.4. The molecule has 98 valence electrons. The first-order valence-corrected chi connectivity index (χ1v) is 5.37. The van der Waals surface area contributed by atoms with Gasteiger partial charge in [-0.25, -0.2) is 9.59 Å². The van der Waals surface area contributed by atoms with Crippen LogP contribution in [0.1, 0.15) is 12.0 Å². The second-order valence-corrected chi connectivity index (χ2v) is 3.71. The maximum atomic E-state index is 11.4. The molecule has 1 aromatic rings. The quantitative estimate of drug-likeness (QED) is 0.605. The van der Waals surface area contributed by atoms with Crippen LogP contribution in [0.2, 0.25) is 0 Å². The summed E-state index contributed by atoms with van der Waals surface area (Å²) in [5.41, 5.74) is 1.44. The van der Waals surface area contributed by atoms with Gasteiger partial charge in [-0.1, -0.05) is 0 Å². The Hall–Kier alpha value is -2.15. The summed E-state index contributed by atoms with van der Waals surface area (Å²) in [6, 6.07) is 1.28. The number of pyridine rings is 1. The molecule has 0 radical (unpaired) electrons. The third kappa shape index (κ3) is 4.38. The second kappa shape index (κ2) is 6.55. The van der Waals surface area contributed by atoms with Gasteiger partial charge in [-0.2, -0.15) is 0 Å². The topological polar surface area (TPSA) is 112 Å². The van der Waals surface area contributed by atoms with E-state index in [1.807, 2.05) is 6.92 Å². The van der Waals surface area contributed by atoms with Gasteiger partial charge in [-0.05, 0) is 18.6 Å². The summed E-state index contributed by atoms with van der Waals surface area (Å²) < 4.78 is 0. The molecule has 1 aromatic heterocycles. The highest BCUT2D eigenvalue weighted by molar-refractivity contribution is 5.89. The van der Waals surface area contributed by atoms with Crippen molar-refractivity contribution in [2.45, 2.75) is 19.4 Å². The first-order valence-electron chi connectivity index (χ1n) is 5.37. The number of hydrogen-bond donors (Lipinski definition) is 4. The molecule has 2 amide bonds. The number of rotatable bonds is 5. The molecule has 0 saturated carbocycles. The Morgan fingerprint density at radius 2 is 2.22 bits per heavy atom. The highest BCUT2D eigenvalue weighted by Gasteiger charge is 2.12. The van der Waals surface area contributed by atoms with Gasteiger partial charge in [0, 0.05) is 19.2 Å². The molecule has 0 saturated heterocycles.